The first-order chi connectivity index (χ1) is 13.4. The number of aryl methyl sites for hydroxylation is 1. The zero-order chi connectivity index (χ0) is 21.8. The summed E-state index contributed by atoms with van der Waals surface area (Å²) in [5, 5.41) is 2.67. The molecular formula is C20H30N2O6S. The van der Waals surface area contributed by atoms with Crippen molar-refractivity contribution in [3.8, 4) is 0 Å². The van der Waals surface area contributed by atoms with Crippen molar-refractivity contribution in [2.45, 2.75) is 70.0 Å². The van der Waals surface area contributed by atoms with Gasteiger partial charge in [0.1, 0.15) is 5.60 Å². The molecule has 8 nitrogen and oxygen atoms in total. The maximum absolute atomic E-state index is 12.8. The minimum Gasteiger partial charge on any atom is -0.466 e. The Hall–Kier alpha value is -2.13. The van der Waals surface area contributed by atoms with Crippen molar-refractivity contribution in [3.63, 3.8) is 0 Å². The lowest BCUT2D eigenvalue weighted by Crippen LogP contribution is -2.53. The number of alkyl carbamates (subject to hydrolysis) is 1. The SMILES string of the molecule is CCOC(=O)[C@@H]1CC[C@H](NS(=O)(=O)c2ccc(C)cc2)[C@@H]1NC(=O)OC(C)(C)C. The van der Waals surface area contributed by atoms with Gasteiger partial charge in [-0.2, -0.15) is 0 Å². The van der Waals surface area contributed by atoms with Gasteiger partial charge in [-0.3, -0.25) is 4.79 Å². The second-order valence-electron chi connectivity index (χ2n) is 8.15. The highest BCUT2D eigenvalue weighted by molar-refractivity contribution is 7.89. The first-order valence-electron chi connectivity index (χ1n) is 9.68. The molecule has 0 heterocycles. The van der Waals surface area contributed by atoms with E-state index in [4.69, 9.17) is 9.47 Å². The van der Waals surface area contributed by atoms with E-state index in [9.17, 15) is 18.0 Å². The highest BCUT2D eigenvalue weighted by atomic mass is 32.2. The van der Waals surface area contributed by atoms with Gasteiger partial charge in [-0.05, 0) is 59.6 Å². The molecule has 0 aromatic heterocycles. The van der Waals surface area contributed by atoms with Crippen LogP contribution < -0.4 is 10.0 Å². The normalized spacial score (nSPS) is 22.2. The molecule has 0 saturated heterocycles. The van der Waals surface area contributed by atoms with E-state index in [0.29, 0.717) is 12.8 Å². The van der Waals surface area contributed by atoms with Crippen LogP contribution in [0.3, 0.4) is 0 Å². The van der Waals surface area contributed by atoms with Crippen LogP contribution in [0.5, 0.6) is 0 Å². The number of carbonyl (C=O) groups is 2. The molecule has 0 bridgehead atoms. The van der Waals surface area contributed by atoms with Gasteiger partial charge in [-0.15, -0.1) is 0 Å². The third-order valence-electron chi connectivity index (χ3n) is 4.57. The lowest BCUT2D eigenvalue weighted by Gasteiger charge is -2.27. The molecule has 0 radical (unpaired) electrons. The second-order valence-corrected chi connectivity index (χ2v) is 9.86. The lowest BCUT2D eigenvalue weighted by molar-refractivity contribution is -0.148. The van der Waals surface area contributed by atoms with Gasteiger partial charge in [0.05, 0.1) is 23.5 Å². The Kier molecular flexibility index (Phi) is 7.29. The third-order valence-corrected chi connectivity index (χ3v) is 6.07. The summed E-state index contributed by atoms with van der Waals surface area (Å²) in [5.41, 5.74) is 0.218. The van der Waals surface area contributed by atoms with Gasteiger partial charge in [0.25, 0.3) is 0 Å². The third kappa shape index (κ3) is 6.43. The standard InChI is InChI=1S/C20H30N2O6S/c1-6-27-18(23)15-11-12-16(17(15)21-19(24)28-20(3,4)5)22-29(25,26)14-9-7-13(2)8-10-14/h7-10,15-17,22H,6,11-12H2,1-5H3,(H,21,24)/t15-,16+,17-/m1/s1. The molecule has 1 saturated carbocycles. The van der Waals surface area contributed by atoms with Gasteiger partial charge in [0.2, 0.25) is 10.0 Å². The van der Waals surface area contributed by atoms with E-state index in [2.05, 4.69) is 10.0 Å². The topological polar surface area (TPSA) is 111 Å². The Morgan fingerprint density at radius 3 is 2.31 bits per heavy atom. The van der Waals surface area contributed by atoms with Crippen LogP contribution in [0.25, 0.3) is 0 Å². The molecule has 9 heteroatoms. The zero-order valence-corrected chi connectivity index (χ0v) is 18.3. The summed E-state index contributed by atoms with van der Waals surface area (Å²) in [5.74, 6) is -1.13. The van der Waals surface area contributed by atoms with Crippen molar-refractivity contribution in [1.82, 2.24) is 10.0 Å². The number of esters is 1. The van der Waals surface area contributed by atoms with Gasteiger partial charge < -0.3 is 14.8 Å². The molecule has 29 heavy (non-hydrogen) atoms. The van der Waals surface area contributed by atoms with E-state index in [-0.39, 0.29) is 11.5 Å². The summed E-state index contributed by atoms with van der Waals surface area (Å²) in [6.07, 6.45) is 0.0633. The molecule has 3 atom stereocenters. The first-order valence-corrected chi connectivity index (χ1v) is 11.2. The maximum Gasteiger partial charge on any atom is 0.407 e. The number of hydrogen-bond acceptors (Lipinski definition) is 6. The van der Waals surface area contributed by atoms with Crippen molar-refractivity contribution in [3.05, 3.63) is 29.8 Å². The van der Waals surface area contributed by atoms with Crippen LogP contribution >= 0.6 is 0 Å². The quantitative estimate of drug-likeness (QED) is 0.676. The molecule has 1 aromatic carbocycles. The molecule has 0 unspecified atom stereocenters. The number of ether oxygens (including phenoxy) is 2. The summed E-state index contributed by atoms with van der Waals surface area (Å²) in [6.45, 7) is 8.94. The Balaban J connectivity index is 2.22. The summed E-state index contributed by atoms with van der Waals surface area (Å²) in [7, 11) is -3.82. The van der Waals surface area contributed by atoms with E-state index >= 15 is 0 Å². The van der Waals surface area contributed by atoms with Crippen LogP contribution in [0.4, 0.5) is 4.79 Å². The number of nitrogens with one attached hydrogen (secondary N) is 2. The number of carbonyl (C=O) groups excluding carboxylic acids is 2. The van der Waals surface area contributed by atoms with Crippen molar-refractivity contribution < 1.29 is 27.5 Å². The molecule has 2 rings (SSSR count). The highest BCUT2D eigenvalue weighted by Gasteiger charge is 2.44. The largest absolute Gasteiger partial charge is 0.466 e. The van der Waals surface area contributed by atoms with E-state index < -0.39 is 45.7 Å². The number of hydrogen-bond donors (Lipinski definition) is 2. The molecule has 0 aliphatic heterocycles. The number of amides is 1. The summed E-state index contributed by atoms with van der Waals surface area (Å²) in [4.78, 5) is 24.8. The molecule has 1 aliphatic rings. The fourth-order valence-electron chi connectivity index (χ4n) is 3.27. The molecule has 162 valence electrons. The first kappa shape index (κ1) is 23.2. The van der Waals surface area contributed by atoms with Crippen LogP contribution in [0.1, 0.15) is 46.1 Å². The monoisotopic (exact) mass is 426 g/mol. The summed E-state index contributed by atoms with van der Waals surface area (Å²) >= 11 is 0. The Morgan fingerprint density at radius 2 is 1.76 bits per heavy atom. The smallest absolute Gasteiger partial charge is 0.407 e. The zero-order valence-electron chi connectivity index (χ0n) is 17.5. The molecule has 1 aliphatic carbocycles. The van der Waals surface area contributed by atoms with Crippen molar-refractivity contribution in [1.29, 1.82) is 0 Å². The molecule has 1 aromatic rings. The van der Waals surface area contributed by atoms with Gasteiger partial charge in [-0.25, -0.2) is 17.9 Å². The second kappa shape index (κ2) is 9.13. The summed E-state index contributed by atoms with van der Waals surface area (Å²) < 4.78 is 38.6. The fourth-order valence-corrected chi connectivity index (χ4v) is 4.57. The Morgan fingerprint density at radius 1 is 1.14 bits per heavy atom. The van der Waals surface area contributed by atoms with Crippen LogP contribution in [-0.2, 0) is 24.3 Å². The predicted octanol–water partition coefficient (Wildman–Crippen LogP) is 2.51. The van der Waals surface area contributed by atoms with E-state index in [1.807, 2.05) is 6.92 Å². The van der Waals surface area contributed by atoms with Gasteiger partial charge in [-0.1, -0.05) is 17.7 Å². The van der Waals surface area contributed by atoms with Crippen LogP contribution in [-0.4, -0.2) is 44.8 Å². The molecular weight excluding hydrogens is 396 g/mol. The maximum atomic E-state index is 12.8. The summed E-state index contributed by atoms with van der Waals surface area (Å²) in [6, 6.07) is 5.02. The minimum atomic E-state index is -3.82. The predicted molar refractivity (Wildman–Crippen MR) is 108 cm³/mol. The van der Waals surface area contributed by atoms with E-state index in [1.165, 1.54) is 12.1 Å². The Bertz CT molecular complexity index is 830. The fraction of sp³-hybridized carbons (Fsp3) is 0.600. The molecule has 2 N–H and O–H groups in total. The van der Waals surface area contributed by atoms with Crippen LogP contribution in [0.2, 0.25) is 0 Å². The minimum absolute atomic E-state index is 0.124. The number of rotatable bonds is 6. The Labute approximate surface area is 172 Å². The van der Waals surface area contributed by atoms with Gasteiger partial charge >= 0.3 is 12.1 Å². The van der Waals surface area contributed by atoms with Gasteiger partial charge in [0.15, 0.2) is 0 Å². The van der Waals surface area contributed by atoms with E-state index in [0.717, 1.165) is 5.56 Å². The molecule has 1 fully saturated rings. The average Bonchev–Trinajstić information content (AvgIpc) is 2.95. The van der Waals surface area contributed by atoms with Crippen LogP contribution in [0.15, 0.2) is 29.2 Å². The number of sulfonamides is 1. The lowest BCUT2D eigenvalue weighted by atomic mass is 10.0. The molecule has 0 spiro atoms. The van der Waals surface area contributed by atoms with E-state index in [1.54, 1.807) is 39.8 Å². The van der Waals surface area contributed by atoms with Crippen LogP contribution in [0, 0.1) is 12.8 Å². The number of benzene rings is 1. The van der Waals surface area contributed by atoms with Crippen molar-refractivity contribution >= 4 is 22.1 Å². The molecule has 1 amide bonds. The van der Waals surface area contributed by atoms with Crippen molar-refractivity contribution in [2.24, 2.45) is 5.92 Å². The highest BCUT2D eigenvalue weighted by Crippen LogP contribution is 2.29. The average molecular weight is 427 g/mol. The van der Waals surface area contributed by atoms with Crippen molar-refractivity contribution in [2.75, 3.05) is 6.61 Å². The van der Waals surface area contributed by atoms with Gasteiger partial charge in [0, 0.05) is 6.04 Å².